The summed E-state index contributed by atoms with van der Waals surface area (Å²) in [4.78, 5) is 27.5. The minimum atomic E-state index is -0.651. The molecule has 0 aliphatic carbocycles. The first-order valence-corrected chi connectivity index (χ1v) is 11.1. The molecule has 7 heteroatoms. The maximum atomic E-state index is 13.3. The molecule has 0 aromatic heterocycles. The van der Waals surface area contributed by atoms with Gasteiger partial charge in [-0.2, -0.15) is 0 Å². The number of carbonyl (C=O) groups is 2. The second kappa shape index (κ2) is 11.0. The fourth-order valence-corrected chi connectivity index (χ4v) is 3.47. The Bertz CT molecular complexity index is 932. The minimum absolute atomic E-state index is 0.0189. The lowest BCUT2D eigenvalue weighted by Crippen LogP contribution is -2.49. The summed E-state index contributed by atoms with van der Waals surface area (Å²) in [6.45, 7) is 6.91. The quantitative estimate of drug-likeness (QED) is 0.640. The third kappa shape index (κ3) is 6.22. The lowest BCUT2D eigenvalue weighted by molar-refractivity contribution is -0.140. The van der Waals surface area contributed by atoms with E-state index in [1.807, 2.05) is 32.0 Å². The molecule has 6 nitrogen and oxygen atoms in total. The molecule has 0 radical (unpaired) electrons. The van der Waals surface area contributed by atoms with Crippen LogP contribution in [0.1, 0.15) is 44.7 Å². The molecule has 0 saturated carbocycles. The van der Waals surface area contributed by atoms with Gasteiger partial charge in [0.1, 0.15) is 25.1 Å². The van der Waals surface area contributed by atoms with Gasteiger partial charge in [-0.05, 0) is 62.1 Å². The number of aryl methyl sites for hydroxylation is 1. The molecular weight excluding hydrogens is 411 g/mol. The van der Waals surface area contributed by atoms with Gasteiger partial charge in [-0.3, -0.25) is 9.59 Å². The second-order valence-corrected chi connectivity index (χ2v) is 8.12. The number of carbonyl (C=O) groups excluding carboxylic acids is 2. The van der Waals surface area contributed by atoms with Gasteiger partial charge in [0.15, 0.2) is 11.5 Å². The Balaban J connectivity index is 1.71. The van der Waals surface area contributed by atoms with Crippen molar-refractivity contribution in [1.82, 2.24) is 10.2 Å². The van der Waals surface area contributed by atoms with E-state index in [0.717, 1.165) is 17.5 Å². The zero-order valence-electron chi connectivity index (χ0n) is 18.9. The van der Waals surface area contributed by atoms with Crippen LogP contribution < -0.4 is 14.8 Å². The average molecular weight is 443 g/mol. The molecular formula is C25H31FN2O4. The van der Waals surface area contributed by atoms with Crippen LogP contribution in [-0.4, -0.2) is 42.0 Å². The van der Waals surface area contributed by atoms with Crippen molar-refractivity contribution in [3.8, 4) is 11.5 Å². The fraction of sp³-hybridized carbons (Fsp3) is 0.440. The number of amides is 2. The van der Waals surface area contributed by atoms with Gasteiger partial charge >= 0.3 is 0 Å². The number of fused-ring (bicyclic) bond motifs is 1. The molecule has 0 fully saturated rings. The van der Waals surface area contributed by atoms with Crippen molar-refractivity contribution < 1.29 is 23.5 Å². The molecule has 32 heavy (non-hydrogen) atoms. The molecule has 1 heterocycles. The van der Waals surface area contributed by atoms with Gasteiger partial charge < -0.3 is 19.7 Å². The highest BCUT2D eigenvalue weighted by Gasteiger charge is 2.26. The van der Waals surface area contributed by atoms with Gasteiger partial charge in [0.25, 0.3) is 0 Å². The van der Waals surface area contributed by atoms with Gasteiger partial charge in [-0.25, -0.2) is 4.39 Å². The van der Waals surface area contributed by atoms with Crippen LogP contribution in [-0.2, 0) is 22.6 Å². The highest BCUT2D eigenvalue weighted by molar-refractivity contribution is 5.87. The summed E-state index contributed by atoms with van der Waals surface area (Å²) in [7, 11) is 0. The van der Waals surface area contributed by atoms with Crippen molar-refractivity contribution in [2.24, 2.45) is 0 Å². The number of nitrogens with one attached hydrogen (secondary N) is 1. The van der Waals surface area contributed by atoms with E-state index in [1.165, 1.54) is 12.1 Å². The number of rotatable bonds is 9. The number of nitrogens with zero attached hydrogens (tertiary/aromatic N) is 1. The van der Waals surface area contributed by atoms with Crippen LogP contribution in [0.3, 0.4) is 0 Å². The van der Waals surface area contributed by atoms with E-state index in [9.17, 15) is 14.0 Å². The van der Waals surface area contributed by atoms with Gasteiger partial charge in [0.2, 0.25) is 11.8 Å². The highest BCUT2D eigenvalue weighted by Crippen LogP contribution is 2.31. The summed E-state index contributed by atoms with van der Waals surface area (Å²) in [5.74, 6) is 0.711. The predicted octanol–water partition coefficient (Wildman–Crippen LogP) is 3.86. The fourth-order valence-electron chi connectivity index (χ4n) is 3.47. The zero-order chi connectivity index (χ0) is 23.1. The van der Waals surface area contributed by atoms with Crippen LogP contribution in [0.2, 0.25) is 0 Å². The van der Waals surface area contributed by atoms with Crippen molar-refractivity contribution in [2.75, 3.05) is 13.2 Å². The molecule has 2 atom stereocenters. The Hall–Kier alpha value is -3.09. The Morgan fingerprint density at radius 2 is 1.69 bits per heavy atom. The minimum Gasteiger partial charge on any atom is -0.486 e. The van der Waals surface area contributed by atoms with Gasteiger partial charge in [0, 0.05) is 19.0 Å². The summed E-state index contributed by atoms with van der Waals surface area (Å²) in [5.41, 5.74) is 1.73. The van der Waals surface area contributed by atoms with E-state index in [2.05, 4.69) is 5.32 Å². The molecule has 2 aromatic carbocycles. The van der Waals surface area contributed by atoms with Crippen LogP contribution in [0.15, 0.2) is 42.5 Å². The van der Waals surface area contributed by atoms with Crippen molar-refractivity contribution >= 4 is 11.8 Å². The van der Waals surface area contributed by atoms with Crippen molar-refractivity contribution in [1.29, 1.82) is 0 Å². The molecule has 0 saturated heterocycles. The standard InChI is InChI=1S/C25H31FN2O4/c1-4-17(2)27-25(30)18(3)28(16-20-5-9-21(26)10-6-20)24(29)12-8-19-7-11-22-23(15-19)32-14-13-31-22/h5-7,9-11,15,17-18H,4,8,12-14,16H2,1-3H3,(H,27,30)/t17-,18-/m1/s1. The van der Waals surface area contributed by atoms with E-state index in [4.69, 9.17) is 9.47 Å². The molecule has 0 unspecified atom stereocenters. The molecule has 1 aliphatic rings. The number of hydrogen-bond acceptors (Lipinski definition) is 4. The number of hydrogen-bond donors (Lipinski definition) is 1. The van der Waals surface area contributed by atoms with Crippen molar-refractivity contribution in [3.63, 3.8) is 0 Å². The lowest BCUT2D eigenvalue weighted by atomic mass is 10.1. The smallest absolute Gasteiger partial charge is 0.242 e. The van der Waals surface area contributed by atoms with Crippen LogP contribution in [0.5, 0.6) is 11.5 Å². The molecule has 2 amide bonds. The Morgan fingerprint density at radius 1 is 1.03 bits per heavy atom. The molecule has 0 bridgehead atoms. The van der Waals surface area contributed by atoms with E-state index in [0.29, 0.717) is 31.1 Å². The normalized spacial score (nSPS) is 14.4. The zero-order valence-corrected chi connectivity index (χ0v) is 18.9. The summed E-state index contributed by atoms with van der Waals surface area (Å²) in [6.07, 6.45) is 1.55. The monoisotopic (exact) mass is 442 g/mol. The SMILES string of the molecule is CC[C@@H](C)NC(=O)[C@@H](C)N(Cc1ccc(F)cc1)C(=O)CCc1ccc2c(c1)OCCO2. The van der Waals surface area contributed by atoms with Crippen LogP contribution in [0.4, 0.5) is 4.39 Å². The Morgan fingerprint density at radius 3 is 2.38 bits per heavy atom. The first-order chi connectivity index (χ1) is 15.4. The third-order valence-electron chi connectivity index (χ3n) is 5.67. The Kier molecular flexibility index (Phi) is 8.09. The van der Waals surface area contributed by atoms with Gasteiger partial charge in [0.05, 0.1) is 0 Å². The maximum absolute atomic E-state index is 13.3. The molecule has 1 aliphatic heterocycles. The van der Waals surface area contributed by atoms with E-state index in [-0.39, 0.29) is 36.6 Å². The summed E-state index contributed by atoms with van der Waals surface area (Å²) >= 11 is 0. The summed E-state index contributed by atoms with van der Waals surface area (Å²) in [6, 6.07) is 11.0. The molecule has 0 spiro atoms. The molecule has 2 aromatic rings. The van der Waals surface area contributed by atoms with E-state index >= 15 is 0 Å². The summed E-state index contributed by atoms with van der Waals surface area (Å²) < 4.78 is 24.5. The second-order valence-electron chi connectivity index (χ2n) is 8.12. The first-order valence-electron chi connectivity index (χ1n) is 11.1. The first kappa shape index (κ1) is 23.6. The largest absolute Gasteiger partial charge is 0.486 e. The number of ether oxygens (including phenoxy) is 2. The molecule has 172 valence electrons. The third-order valence-corrected chi connectivity index (χ3v) is 5.67. The van der Waals surface area contributed by atoms with E-state index < -0.39 is 6.04 Å². The van der Waals surface area contributed by atoms with Gasteiger partial charge in [-0.15, -0.1) is 0 Å². The lowest BCUT2D eigenvalue weighted by Gasteiger charge is -2.30. The Labute approximate surface area is 188 Å². The maximum Gasteiger partial charge on any atom is 0.242 e. The molecule has 1 N–H and O–H groups in total. The van der Waals surface area contributed by atoms with Crippen LogP contribution in [0.25, 0.3) is 0 Å². The van der Waals surface area contributed by atoms with E-state index in [1.54, 1.807) is 24.0 Å². The highest BCUT2D eigenvalue weighted by atomic mass is 19.1. The van der Waals surface area contributed by atoms with Crippen molar-refractivity contribution in [3.05, 3.63) is 59.4 Å². The molecule has 3 rings (SSSR count). The van der Waals surface area contributed by atoms with Crippen LogP contribution in [0, 0.1) is 5.82 Å². The topological polar surface area (TPSA) is 67.9 Å². The number of halogens is 1. The average Bonchev–Trinajstić information content (AvgIpc) is 2.81. The van der Waals surface area contributed by atoms with Gasteiger partial charge in [-0.1, -0.05) is 25.1 Å². The summed E-state index contributed by atoms with van der Waals surface area (Å²) in [5, 5.41) is 2.94. The van der Waals surface area contributed by atoms with Crippen LogP contribution >= 0.6 is 0 Å². The van der Waals surface area contributed by atoms with Crippen molar-refractivity contribution in [2.45, 2.75) is 58.7 Å². The number of benzene rings is 2. The predicted molar refractivity (Wildman–Crippen MR) is 120 cm³/mol.